The number of halogens is 1. The summed E-state index contributed by atoms with van der Waals surface area (Å²) in [5.41, 5.74) is 0.344. The number of aliphatic hydroxyl groups excluding tert-OH is 1. The van der Waals surface area contributed by atoms with E-state index < -0.39 is 17.7 Å². The molecular weight excluding hydrogens is 394 g/mol. The number of nitrogens with zero attached hydrogens (tertiary/aromatic N) is 1. The van der Waals surface area contributed by atoms with Crippen LogP contribution in [0.1, 0.15) is 49.3 Å². The minimum Gasteiger partial charge on any atom is -0.507 e. The fraction of sp³-hybridized carbons (Fsp3) is 0.364. The average molecular weight is 418 g/mol. The molecule has 1 N–H and O–H groups in total. The summed E-state index contributed by atoms with van der Waals surface area (Å²) in [7, 11) is 1.46. The number of hydrogen-bond acceptors (Lipinski definition) is 5. The van der Waals surface area contributed by atoms with Crippen molar-refractivity contribution in [2.24, 2.45) is 0 Å². The number of unbranched alkanes of at least 4 members (excludes halogenated alkanes) is 2. The van der Waals surface area contributed by atoms with Crippen LogP contribution >= 0.6 is 11.6 Å². The second-order valence-corrected chi connectivity index (χ2v) is 7.40. The first-order chi connectivity index (χ1) is 13.9. The summed E-state index contributed by atoms with van der Waals surface area (Å²) in [4.78, 5) is 27.1. The van der Waals surface area contributed by atoms with Gasteiger partial charge in [-0.3, -0.25) is 9.59 Å². The zero-order valence-corrected chi connectivity index (χ0v) is 17.5. The summed E-state index contributed by atoms with van der Waals surface area (Å²) in [6.07, 6.45) is 2.68. The Morgan fingerprint density at radius 3 is 2.62 bits per heavy atom. The monoisotopic (exact) mass is 417 g/mol. The zero-order chi connectivity index (χ0) is 21.1. The van der Waals surface area contributed by atoms with Crippen LogP contribution in [-0.2, 0) is 9.59 Å². The minimum atomic E-state index is -0.776. The maximum Gasteiger partial charge on any atom is 0.295 e. The zero-order valence-electron chi connectivity index (χ0n) is 16.7. The molecule has 1 aromatic heterocycles. The van der Waals surface area contributed by atoms with Crippen molar-refractivity contribution in [2.45, 2.75) is 39.2 Å². The number of hydrogen-bond donors (Lipinski definition) is 1. The average Bonchev–Trinajstić information content (AvgIpc) is 3.24. The molecule has 1 aromatic carbocycles. The molecule has 6 nitrogen and oxygen atoms in total. The van der Waals surface area contributed by atoms with Crippen LogP contribution < -0.4 is 4.74 Å². The van der Waals surface area contributed by atoms with Crippen molar-refractivity contribution in [1.29, 1.82) is 0 Å². The maximum atomic E-state index is 12.9. The van der Waals surface area contributed by atoms with Gasteiger partial charge in [-0.25, -0.2) is 0 Å². The summed E-state index contributed by atoms with van der Waals surface area (Å²) in [6, 6.07) is 7.41. The summed E-state index contributed by atoms with van der Waals surface area (Å²) in [5.74, 6) is -0.184. The molecule has 2 heterocycles. The maximum absolute atomic E-state index is 12.9. The minimum absolute atomic E-state index is 0.00484. The predicted octanol–water partition coefficient (Wildman–Crippen LogP) is 4.86. The SMILES string of the molecule is CCCCCN1C(=O)C(=O)/C(=C(\O)c2ccc(Cl)c(OC)c2)C1c1ccc(C)o1. The number of rotatable bonds is 7. The molecule has 3 rings (SSSR count). The Morgan fingerprint density at radius 1 is 1.24 bits per heavy atom. The summed E-state index contributed by atoms with van der Waals surface area (Å²) >= 11 is 6.07. The van der Waals surface area contributed by atoms with Crippen LogP contribution in [0.5, 0.6) is 5.75 Å². The Bertz CT molecular complexity index is 962. The molecule has 1 saturated heterocycles. The number of carbonyl (C=O) groups is 2. The number of ether oxygens (including phenoxy) is 1. The highest BCUT2D eigenvalue weighted by molar-refractivity contribution is 6.46. The van der Waals surface area contributed by atoms with Gasteiger partial charge in [-0.2, -0.15) is 0 Å². The highest BCUT2D eigenvalue weighted by Gasteiger charge is 2.47. The molecule has 1 aliphatic heterocycles. The second-order valence-electron chi connectivity index (χ2n) is 7.00. The first-order valence-electron chi connectivity index (χ1n) is 9.57. The lowest BCUT2D eigenvalue weighted by Crippen LogP contribution is -2.30. The topological polar surface area (TPSA) is 80.0 Å². The number of aryl methyl sites for hydroxylation is 1. The Morgan fingerprint density at radius 2 is 2.00 bits per heavy atom. The largest absolute Gasteiger partial charge is 0.507 e. The predicted molar refractivity (Wildman–Crippen MR) is 110 cm³/mol. The first kappa shape index (κ1) is 21.0. The lowest BCUT2D eigenvalue weighted by molar-refractivity contribution is -0.140. The van der Waals surface area contributed by atoms with Gasteiger partial charge in [0.05, 0.1) is 17.7 Å². The van der Waals surface area contributed by atoms with Crippen molar-refractivity contribution in [3.63, 3.8) is 0 Å². The van der Waals surface area contributed by atoms with Crippen LogP contribution in [0.4, 0.5) is 0 Å². The molecule has 1 atom stereocenters. The third kappa shape index (κ3) is 4.03. The molecule has 0 radical (unpaired) electrons. The summed E-state index contributed by atoms with van der Waals surface area (Å²) in [6.45, 7) is 4.26. The lowest BCUT2D eigenvalue weighted by atomic mass is 9.99. The van der Waals surface area contributed by atoms with E-state index >= 15 is 0 Å². The van der Waals surface area contributed by atoms with Gasteiger partial charge in [0.2, 0.25) is 0 Å². The number of Topliss-reactive ketones (excluding diaryl/α,β-unsaturated/α-hetero) is 1. The van der Waals surface area contributed by atoms with Gasteiger partial charge in [0.15, 0.2) is 0 Å². The molecule has 0 bridgehead atoms. The molecule has 1 amide bonds. The summed E-state index contributed by atoms with van der Waals surface area (Å²) in [5, 5.41) is 11.4. The second kappa shape index (κ2) is 8.74. The quantitative estimate of drug-likeness (QED) is 0.301. The van der Waals surface area contributed by atoms with Gasteiger partial charge in [0.1, 0.15) is 29.1 Å². The molecule has 1 aliphatic rings. The molecule has 0 aliphatic carbocycles. The number of carbonyl (C=O) groups excluding carboxylic acids is 2. The third-order valence-electron chi connectivity index (χ3n) is 5.00. The van der Waals surface area contributed by atoms with E-state index in [2.05, 4.69) is 6.92 Å². The van der Waals surface area contributed by atoms with E-state index in [1.807, 2.05) is 0 Å². The number of benzene rings is 1. The van der Waals surface area contributed by atoms with Crippen LogP contribution in [0.3, 0.4) is 0 Å². The van der Waals surface area contributed by atoms with Crippen LogP contribution in [0, 0.1) is 6.92 Å². The highest BCUT2D eigenvalue weighted by atomic mass is 35.5. The number of amides is 1. The number of methoxy groups -OCH3 is 1. The number of furan rings is 1. The smallest absolute Gasteiger partial charge is 0.295 e. The third-order valence-corrected chi connectivity index (χ3v) is 5.31. The van der Waals surface area contributed by atoms with E-state index in [1.54, 1.807) is 31.2 Å². The summed E-state index contributed by atoms with van der Waals surface area (Å²) < 4.78 is 10.9. The Balaban J connectivity index is 2.12. The van der Waals surface area contributed by atoms with Gasteiger partial charge < -0.3 is 19.2 Å². The fourth-order valence-corrected chi connectivity index (χ4v) is 3.70. The number of ketones is 1. The molecule has 0 spiro atoms. The van der Waals surface area contributed by atoms with Crippen LogP contribution in [0.2, 0.25) is 5.02 Å². The molecule has 154 valence electrons. The van der Waals surface area contributed by atoms with E-state index in [0.29, 0.717) is 34.4 Å². The normalized spacial score (nSPS) is 18.5. The molecule has 1 unspecified atom stereocenters. The Kier molecular flexibility index (Phi) is 6.33. The van der Waals surface area contributed by atoms with Gasteiger partial charge in [-0.15, -0.1) is 0 Å². The van der Waals surface area contributed by atoms with Crippen LogP contribution in [-0.4, -0.2) is 35.4 Å². The van der Waals surface area contributed by atoms with E-state index in [0.717, 1.165) is 19.3 Å². The standard InChI is InChI=1S/C22H24ClNO5/c1-4-5-6-11-24-19(16-10-7-13(2)29-16)18(21(26)22(24)27)20(25)14-8-9-15(23)17(12-14)28-3/h7-10,12,19,25H,4-6,11H2,1-3H3/b20-18-. The molecule has 1 fully saturated rings. The first-order valence-corrected chi connectivity index (χ1v) is 9.95. The number of aliphatic hydroxyl groups is 1. The van der Waals surface area contributed by atoms with Crippen LogP contribution in [0.15, 0.2) is 40.3 Å². The van der Waals surface area contributed by atoms with Crippen molar-refractivity contribution in [3.05, 3.63) is 58.0 Å². The van der Waals surface area contributed by atoms with Crippen molar-refractivity contribution in [3.8, 4) is 5.75 Å². The molecule has 0 saturated carbocycles. The van der Waals surface area contributed by atoms with E-state index in [-0.39, 0.29) is 11.3 Å². The van der Waals surface area contributed by atoms with Crippen LogP contribution in [0.25, 0.3) is 5.76 Å². The van der Waals surface area contributed by atoms with E-state index in [1.165, 1.54) is 18.1 Å². The fourth-order valence-electron chi connectivity index (χ4n) is 3.50. The Hall–Kier alpha value is -2.73. The van der Waals surface area contributed by atoms with E-state index in [9.17, 15) is 14.7 Å². The van der Waals surface area contributed by atoms with Crippen molar-refractivity contribution in [2.75, 3.05) is 13.7 Å². The lowest BCUT2D eigenvalue weighted by Gasteiger charge is -2.23. The molecule has 2 aromatic rings. The van der Waals surface area contributed by atoms with E-state index in [4.69, 9.17) is 20.8 Å². The number of likely N-dealkylation sites (tertiary alicyclic amines) is 1. The molecule has 29 heavy (non-hydrogen) atoms. The highest BCUT2D eigenvalue weighted by Crippen LogP contribution is 2.41. The van der Waals surface area contributed by atoms with Gasteiger partial charge in [-0.05, 0) is 43.7 Å². The van der Waals surface area contributed by atoms with Crippen molar-refractivity contribution < 1.29 is 23.8 Å². The van der Waals surface area contributed by atoms with Gasteiger partial charge in [0, 0.05) is 12.1 Å². The van der Waals surface area contributed by atoms with Gasteiger partial charge in [-0.1, -0.05) is 31.4 Å². The van der Waals surface area contributed by atoms with Crippen molar-refractivity contribution >= 4 is 29.1 Å². The van der Waals surface area contributed by atoms with Gasteiger partial charge >= 0.3 is 0 Å². The van der Waals surface area contributed by atoms with Gasteiger partial charge in [0.25, 0.3) is 11.7 Å². The van der Waals surface area contributed by atoms with Crippen molar-refractivity contribution in [1.82, 2.24) is 4.90 Å². The molecular formula is C22H24ClNO5. The molecule has 7 heteroatoms. The Labute approximate surface area is 174 Å².